The molecule has 2 nitrogen and oxygen atoms in total. The summed E-state index contributed by atoms with van der Waals surface area (Å²) < 4.78 is 1.13. The van der Waals surface area contributed by atoms with Crippen LogP contribution in [0.25, 0.3) is 0 Å². The highest BCUT2D eigenvalue weighted by molar-refractivity contribution is 9.10. The number of carboxylic acids is 1. The summed E-state index contributed by atoms with van der Waals surface area (Å²) in [6.07, 6.45) is 1.50. The lowest BCUT2D eigenvalue weighted by Crippen LogP contribution is -2.10. The molecule has 1 N–H and O–H groups in total. The molecule has 0 fully saturated rings. The number of rotatable bonds is 4. The maximum Gasteiger partial charge on any atom is 0.306 e. The van der Waals surface area contributed by atoms with E-state index >= 15 is 0 Å². The zero-order valence-electron chi connectivity index (χ0n) is 9.88. The molecular weight excluding hydrogens is 268 g/mol. The van der Waals surface area contributed by atoms with E-state index in [1.54, 1.807) is 6.92 Å². The molecule has 1 atom stereocenters. The van der Waals surface area contributed by atoms with Crippen molar-refractivity contribution in [2.45, 2.75) is 33.6 Å². The first-order valence-electron chi connectivity index (χ1n) is 5.41. The van der Waals surface area contributed by atoms with Crippen molar-refractivity contribution < 1.29 is 9.90 Å². The average Bonchev–Trinajstić information content (AvgIpc) is 2.24. The lowest BCUT2D eigenvalue weighted by Gasteiger charge is -2.11. The average molecular weight is 285 g/mol. The lowest BCUT2D eigenvalue weighted by atomic mass is 9.97. The quantitative estimate of drug-likeness (QED) is 0.915. The van der Waals surface area contributed by atoms with Gasteiger partial charge in [-0.25, -0.2) is 0 Å². The Bertz CT molecular complexity index is 399. The van der Waals surface area contributed by atoms with Gasteiger partial charge in [-0.3, -0.25) is 4.79 Å². The number of carbonyl (C=O) groups is 1. The molecule has 1 rings (SSSR count). The summed E-state index contributed by atoms with van der Waals surface area (Å²) in [5, 5.41) is 8.82. The Morgan fingerprint density at radius 3 is 2.62 bits per heavy atom. The van der Waals surface area contributed by atoms with E-state index < -0.39 is 5.97 Å². The van der Waals surface area contributed by atoms with Crippen LogP contribution < -0.4 is 0 Å². The molecule has 1 unspecified atom stereocenters. The van der Waals surface area contributed by atoms with Gasteiger partial charge in [-0.1, -0.05) is 35.0 Å². The van der Waals surface area contributed by atoms with Crippen LogP contribution in [0.3, 0.4) is 0 Å². The molecule has 1 aromatic rings. The van der Waals surface area contributed by atoms with Crippen molar-refractivity contribution in [3.8, 4) is 0 Å². The van der Waals surface area contributed by atoms with Crippen LogP contribution >= 0.6 is 15.9 Å². The minimum Gasteiger partial charge on any atom is -0.481 e. The summed E-state index contributed by atoms with van der Waals surface area (Å²) in [5.74, 6) is -0.997. The van der Waals surface area contributed by atoms with Crippen LogP contribution in [0.4, 0.5) is 0 Å². The predicted octanol–water partition coefficient (Wildman–Crippen LogP) is 3.72. The van der Waals surface area contributed by atoms with Crippen LogP contribution in [0.5, 0.6) is 0 Å². The van der Waals surface area contributed by atoms with Crippen LogP contribution in [0.15, 0.2) is 16.6 Å². The van der Waals surface area contributed by atoms with Crippen LogP contribution in [-0.2, 0) is 11.2 Å². The van der Waals surface area contributed by atoms with Crippen molar-refractivity contribution in [1.82, 2.24) is 0 Å². The van der Waals surface area contributed by atoms with E-state index in [2.05, 4.69) is 41.9 Å². The van der Waals surface area contributed by atoms with E-state index in [-0.39, 0.29) is 5.92 Å². The van der Waals surface area contributed by atoms with Gasteiger partial charge in [-0.05, 0) is 43.4 Å². The fraction of sp³-hybridized carbons (Fsp3) is 0.462. The van der Waals surface area contributed by atoms with Crippen molar-refractivity contribution in [3.05, 3.63) is 33.3 Å². The van der Waals surface area contributed by atoms with Crippen LogP contribution in [0.2, 0.25) is 0 Å². The molecule has 3 heteroatoms. The van der Waals surface area contributed by atoms with Gasteiger partial charge in [0.25, 0.3) is 0 Å². The largest absolute Gasteiger partial charge is 0.481 e. The van der Waals surface area contributed by atoms with Crippen LogP contribution in [0, 0.1) is 19.8 Å². The molecule has 0 aromatic heterocycles. The number of aliphatic carboxylic acids is 1. The molecule has 0 amide bonds. The van der Waals surface area contributed by atoms with E-state index in [1.165, 1.54) is 16.7 Å². The zero-order valence-corrected chi connectivity index (χ0v) is 11.5. The Balaban J connectivity index is 2.75. The van der Waals surface area contributed by atoms with Gasteiger partial charge in [0.1, 0.15) is 0 Å². The highest BCUT2D eigenvalue weighted by atomic mass is 79.9. The monoisotopic (exact) mass is 284 g/mol. The molecule has 0 radical (unpaired) electrons. The van der Waals surface area contributed by atoms with E-state index in [9.17, 15) is 4.79 Å². The Hall–Kier alpha value is -0.830. The molecule has 0 saturated carbocycles. The first-order valence-corrected chi connectivity index (χ1v) is 6.20. The van der Waals surface area contributed by atoms with Gasteiger partial charge in [-0.15, -0.1) is 0 Å². The van der Waals surface area contributed by atoms with E-state index in [1.807, 2.05) is 0 Å². The molecular formula is C13H17BrO2. The predicted molar refractivity (Wildman–Crippen MR) is 68.7 cm³/mol. The molecule has 0 spiro atoms. The van der Waals surface area contributed by atoms with Crippen molar-refractivity contribution >= 4 is 21.9 Å². The third kappa shape index (κ3) is 3.08. The van der Waals surface area contributed by atoms with Gasteiger partial charge < -0.3 is 5.11 Å². The molecule has 16 heavy (non-hydrogen) atoms. The summed E-state index contributed by atoms with van der Waals surface area (Å²) in [6.45, 7) is 5.87. The second-order valence-electron chi connectivity index (χ2n) is 4.26. The zero-order chi connectivity index (χ0) is 12.3. The molecule has 0 aliphatic heterocycles. The summed E-state index contributed by atoms with van der Waals surface area (Å²) >= 11 is 3.55. The maximum absolute atomic E-state index is 10.7. The third-order valence-corrected chi connectivity index (χ3v) is 4.18. The first-order chi connectivity index (χ1) is 7.43. The third-order valence-electron chi connectivity index (χ3n) is 2.96. The molecule has 0 aliphatic carbocycles. The normalized spacial score (nSPS) is 12.5. The van der Waals surface area contributed by atoms with Crippen molar-refractivity contribution in [2.75, 3.05) is 0 Å². The Morgan fingerprint density at radius 1 is 1.44 bits per heavy atom. The lowest BCUT2D eigenvalue weighted by molar-refractivity contribution is -0.141. The molecule has 0 bridgehead atoms. The second-order valence-corrected chi connectivity index (χ2v) is 5.05. The second kappa shape index (κ2) is 5.48. The number of hydrogen-bond donors (Lipinski definition) is 1. The molecule has 0 heterocycles. The van der Waals surface area contributed by atoms with E-state index in [4.69, 9.17) is 5.11 Å². The van der Waals surface area contributed by atoms with Crippen molar-refractivity contribution in [3.63, 3.8) is 0 Å². The van der Waals surface area contributed by atoms with E-state index in [0.29, 0.717) is 6.42 Å². The standard InChI is InChI=1S/C13H17BrO2/c1-8-4-6-11(10(3)12(8)14)7-5-9(2)13(15)16/h4,6,9H,5,7H2,1-3H3,(H,15,16). The van der Waals surface area contributed by atoms with Crippen molar-refractivity contribution in [2.24, 2.45) is 5.92 Å². The number of carboxylic acid groups (broad SMARTS) is 1. The van der Waals surface area contributed by atoms with Gasteiger partial charge in [0.05, 0.1) is 5.92 Å². The number of benzene rings is 1. The minimum absolute atomic E-state index is 0.278. The van der Waals surface area contributed by atoms with Crippen LogP contribution in [0.1, 0.15) is 30.0 Å². The topological polar surface area (TPSA) is 37.3 Å². The van der Waals surface area contributed by atoms with Crippen molar-refractivity contribution in [1.29, 1.82) is 0 Å². The molecule has 0 aliphatic rings. The van der Waals surface area contributed by atoms with Crippen LogP contribution in [-0.4, -0.2) is 11.1 Å². The van der Waals surface area contributed by atoms with Gasteiger partial charge in [-0.2, -0.15) is 0 Å². The van der Waals surface area contributed by atoms with Gasteiger partial charge in [0.2, 0.25) is 0 Å². The minimum atomic E-state index is -0.719. The van der Waals surface area contributed by atoms with Gasteiger partial charge in [0.15, 0.2) is 0 Å². The maximum atomic E-state index is 10.7. The summed E-state index contributed by atoms with van der Waals surface area (Å²) in [4.78, 5) is 10.7. The summed E-state index contributed by atoms with van der Waals surface area (Å²) in [6, 6.07) is 4.15. The molecule has 0 saturated heterocycles. The number of hydrogen-bond acceptors (Lipinski definition) is 1. The fourth-order valence-electron chi connectivity index (χ4n) is 1.63. The molecule has 1 aromatic carbocycles. The summed E-state index contributed by atoms with van der Waals surface area (Å²) in [5.41, 5.74) is 3.66. The smallest absolute Gasteiger partial charge is 0.306 e. The van der Waals surface area contributed by atoms with Gasteiger partial charge in [0, 0.05) is 4.47 Å². The Kier molecular flexibility index (Phi) is 4.54. The summed E-state index contributed by atoms with van der Waals surface area (Å²) in [7, 11) is 0. The Morgan fingerprint density at radius 2 is 2.06 bits per heavy atom. The number of aryl methyl sites for hydroxylation is 2. The number of halogens is 1. The first kappa shape index (κ1) is 13.2. The van der Waals surface area contributed by atoms with E-state index in [0.717, 1.165) is 10.9 Å². The van der Waals surface area contributed by atoms with Gasteiger partial charge >= 0.3 is 5.97 Å². The molecule has 88 valence electrons. The Labute approximate surface area is 105 Å². The fourth-order valence-corrected chi connectivity index (χ4v) is 2.01. The highest BCUT2D eigenvalue weighted by Gasteiger charge is 2.12. The highest BCUT2D eigenvalue weighted by Crippen LogP contribution is 2.25. The SMILES string of the molecule is Cc1ccc(CCC(C)C(=O)O)c(C)c1Br.